The van der Waals surface area contributed by atoms with Crippen molar-refractivity contribution in [3.05, 3.63) is 59.7 Å². The van der Waals surface area contributed by atoms with E-state index in [1.165, 1.54) is 24.3 Å². The summed E-state index contributed by atoms with van der Waals surface area (Å²) in [7, 11) is 0. The summed E-state index contributed by atoms with van der Waals surface area (Å²) in [6, 6.07) is 9.92. The first-order valence-corrected chi connectivity index (χ1v) is 7.58. The summed E-state index contributed by atoms with van der Waals surface area (Å²) in [5.41, 5.74) is 0.264. The number of nitrogens with zero attached hydrogens (tertiary/aromatic N) is 1. The van der Waals surface area contributed by atoms with Gasteiger partial charge < -0.3 is 15.4 Å². The van der Waals surface area contributed by atoms with Crippen molar-refractivity contribution in [1.82, 2.24) is 0 Å². The van der Waals surface area contributed by atoms with Gasteiger partial charge >= 0.3 is 5.97 Å². The van der Waals surface area contributed by atoms with Crippen molar-refractivity contribution in [2.45, 2.75) is 6.42 Å². The number of carbonyl (C=O) groups excluding carboxylic acids is 3. The van der Waals surface area contributed by atoms with E-state index < -0.39 is 36.0 Å². The van der Waals surface area contributed by atoms with E-state index in [2.05, 4.69) is 10.6 Å². The molecule has 27 heavy (non-hydrogen) atoms. The minimum absolute atomic E-state index is 0.119. The van der Waals surface area contributed by atoms with Crippen LogP contribution in [0.5, 0.6) is 0 Å². The van der Waals surface area contributed by atoms with Crippen LogP contribution in [-0.2, 0) is 14.3 Å². The molecular formula is C18H13F2N3O4. The maximum Gasteiger partial charge on any atom is 0.338 e. The lowest BCUT2D eigenvalue weighted by molar-refractivity contribution is -0.119. The number of hydrogen-bond acceptors (Lipinski definition) is 5. The Kier molecular flexibility index (Phi) is 6.55. The molecule has 9 heteroatoms. The van der Waals surface area contributed by atoms with Gasteiger partial charge in [0.25, 0.3) is 5.91 Å². The molecule has 2 N–H and O–H groups in total. The maximum absolute atomic E-state index is 13.4. The Morgan fingerprint density at radius 2 is 1.70 bits per heavy atom. The van der Waals surface area contributed by atoms with Gasteiger partial charge in [-0.25, -0.2) is 13.6 Å². The van der Waals surface area contributed by atoms with Gasteiger partial charge in [-0.1, -0.05) is 0 Å². The normalized spacial score (nSPS) is 9.81. The summed E-state index contributed by atoms with van der Waals surface area (Å²) in [6.07, 6.45) is -0.298. The van der Waals surface area contributed by atoms with Crippen LogP contribution >= 0.6 is 0 Å². The zero-order chi connectivity index (χ0) is 19.8. The number of anilines is 2. The van der Waals surface area contributed by atoms with Crippen LogP contribution in [0.2, 0.25) is 0 Å². The predicted octanol–water partition coefficient (Wildman–Crippen LogP) is 2.61. The van der Waals surface area contributed by atoms with Crippen LogP contribution in [0.15, 0.2) is 42.5 Å². The third-order valence-corrected chi connectivity index (χ3v) is 3.18. The topological polar surface area (TPSA) is 108 Å². The van der Waals surface area contributed by atoms with Gasteiger partial charge in [-0.2, -0.15) is 5.26 Å². The molecule has 138 valence electrons. The van der Waals surface area contributed by atoms with Crippen LogP contribution in [0.25, 0.3) is 0 Å². The quantitative estimate of drug-likeness (QED) is 0.757. The molecule has 0 heterocycles. The highest BCUT2D eigenvalue weighted by atomic mass is 19.1. The van der Waals surface area contributed by atoms with Crippen LogP contribution in [-0.4, -0.2) is 24.4 Å². The highest BCUT2D eigenvalue weighted by Gasteiger charge is 2.12. The van der Waals surface area contributed by atoms with E-state index in [9.17, 15) is 23.2 Å². The van der Waals surface area contributed by atoms with Crippen molar-refractivity contribution in [3.8, 4) is 6.07 Å². The number of nitrogens with one attached hydrogen (secondary N) is 2. The Balaban J connectivity index is 1.86. The molecule has 0 aliphatic rings. The minimum Gasteiger partial charge on any atom is -0.452 e. The average Bonchev–Trinajstić information content (AvgIpc) is 2.63. The van der Waals surface area contributed by atoms with Gasteiger partial charge in [0, 0.05) is 11.8 Å². The number of hydrogen-bond donors (Lipinski definition) is 2. The molecule has 2 amide bonds. The van der Waals surface area contributed by atoms with Crippen LogP contribution < -0.4 is 10.6 Å². The summed E-state index contributed by atoms with van der Waals surface area (Å²) in [4.78, 5) is 34.9. The van der Waals surface area contributed by atoms with Crippen molar-refractivity contribution >= 4 is 29.2 Å². The Labute approximate surface area is 152 Å². The molecule has 0 atom stereocenters. The molecule has 0 unspecified atom stereocenters. The lowest BCUT2D eigenvalue weighted by atomic mass is 10.2. The van der Waals surface area contributed by atoms with Crippen LogP contribution in [0.1, 0.15) is 16.8 Å². The number of ether oxygens (including phenoxy) is 1. The van der Waals surface area contributed by atoms with Gasteiger partial charge in [0.2, 0.25) is 5.91 Å². The first kappa shape index (κ1) is 19.5. The van der Waals surface area contributed by atoms with Crippen molar-refractivity contribution < 1.29 is 27.9 Å². The van der Waals surface area contributed by atoms with Gasteiger partial charge in [0.05, 0.1) is 17.3 Å². The molecular weight excluding hydrogens is 360 g/mol. The number of carbonyl (C=O) groups is 3. The summed E-state index contributed by atoms with van der Waals surface area (Å²) >= 11 is 0. The summed E-state index contributed by atoms with van der Waals surface area (Å²) in [5, 5.41) is 13.0. The van der Waals surface area contributed by atoms with E-state index in [-0.39, 0.29) is 17.7 Å². The average molecular weight is 373 g/mol. The molecule has 0 saturated carbocycles. The molecule has 0 aromatic heterocycles. The first-order chi connectivity index (χ1) is 12.9. The lowest BCUT2D eigenvalue weighted by Gasteiger charge is -2.08. The second kappa shape index (κ2) is 9.05. The SMILES string of the molecule is N#CCC(=O)Nc1ccc(C(=O)OCC(=O)Nc2ccc(F)cc2F)cc1. The van der Waals surface area contributed by atoms with E-state index >= 15 is 0 Å². The Bertz CT molecular complexity index is 908. The van der Waals surface area contributed by atoms with E-state index in [0.29, 0.717) is 11.8 Å². The predicted molar refractivity (Wildman–Crippen MR) is 90.6 cm³/mol. The van der Waals surface area contributed by atoms with Gasteiger partial charge in [0.1, 0.15) is 18.1 Å². The number of halogens is 2. The standard InChI is InChI=1S/C18H13F2N3O4/c19-12-3-6-15(14(20)9-12)23-17(25)10-27-18(26)11-1-4-13(5-2-11)22-16(24)7-8-21/h1-6,9H,7,10H2,(H,22,24)(H,23,25). The van der Waals surface area contributed by atoms with Crippen molar-refractivity contribution in [2.75, 3.05) is 17.2 Å². The minimum atomic E-state index is -0.955. The fraction of sp³-hybridized carbons (Fsp3) is 0.111. The summed E-state index contributed by atoms with van der Waals surface area (Å²) in [6.45, 7) is -0.670. The number of esters is 1. The molecule has 0 spiro atoms. The molecule has 0 fully saturated rings. The van der Waals surface area contributed by atoms with E-state index in [1.807, 2.05) is 0 Å². The maximum atomic E-state index is 13.4. The molecule has 0 radical (unpaired) electrons. The molecule has 0 aliphatic heterocycles. The number of amides is 2. The summed E-state index contributed by atoms with van der Waals surface area (Å²) < 4.78 is 31.1. The molecule has 0 aliphatic carbocycles. The zero-order valence-corrected chi connectivity index (χ0v) is 13.8. The first-order valence-electron chi connectivity index (χ1n) is 7.58. The number of nitriles is 1. The molecule has 2 aromatic rings. The van der Waals surface area contributed by atoms with Gasteiger partial charge in [-0.15, -0.1) is 0 Å². The molecule has 0 saturated heterocycles. The van der Waals surface area contributed by atoms with E-state index in [0.717, 1.165) is 12.1 Å². The van der Waals surface area contributed by atoms with Gasteiger partial charge in [0.15, 0.2) is 6.61 Å². The largest absolute Gasteiger partial charge is 0.452 e. The van der Waals surface area contributed by atoms with Crippen LogP contribution in [0.3, 0.4) is 0 Å². The summed E-state index contributed by atoms with van der Waals surface area (Å²) in [5.74, 6) is -3.83. The fourth-order valence-corrected chi connectivity index (χ4v) is 1.96. The third-order valence-electron chi connectivity index (χ3n) is 3.18. The Hall–Kier alpha value is -3.80. The van der Waals surface area contributed by atoms with Crippen molar-refractivity contribution in [2.24, 2.45) is 0 Å². The van der Waals surface area contributed by atoms with Crippen LogP contribution in [0.4, 0.5) is 20.2 Å². The number of rotatable bonds is 6. The molecule has 2 aromatic carbocycles. The molecule has 7 nitrogen and oxygen atoms in total. The monoisotopic (exact) mass is 373 g/mol. The fourth-order valence-electron chi connectivity index (χ4n) is 1.96. The highest BCUT2D eigenvalue weighted by molar-refractivity contribution is 5.96. The van der Waals surface area contributed by atoms with Crippen LogP contribution in [0, 0.1) is 23.0 Å². The van der Waals surface area contributed by atoms with Crippen molar-refractivity contribution in [1.29, 1.82) is 5.26 Å². The second-order valence-corrected chi connectivity index (χ2v) is 5.21. The highest BCUT2D eigenvalue weighted by Crippen LogP contribution is 2.15. The zero-order valence-electron chi connectivity index (χ0n) is 13.8. The lowest BCUT2D eigenvalue weighted by Crippen LogP contribution is -2.21. The van der Waals surface area contributed by atoms with Crippen molar-refractivity contribution in [3.63, 3.8) is 0 Å². The van der Waals surface area contributed by atoms with Gasteiger partial charge in [-0.05, 0) is 36.4 Å². The molecule has 2 rings (SSSR count). The molecule has 0 bridgehead atoms. The Morgan fingerprint density at radius 3 is 2.33 bits per heavy atom. The second-order valence-electron chi connectivity index (χ2n) is 5.21. The Morgan fingerprint density at radius 1 is 1.00 bits per heavy atom. The smallest absolute Gasteiger partial charge is 0.338 e. The van der Waals surface area contributed by atoms with E-state index in [1.54, 1.807) is 6.07 Å². The van der Waals surface area contributed by atoms with Gasteiger partial charge in [-0.3, -0.25) is 9.59 Å². The van der Waals surface area contributed by atoms with E-state index in [4.69, 9.17) is 10.00 Å². The number of benzene rings is 2. The third kappa shape index (κ3) is 5.89.